The van der Waals surface area contributed by atoms with Crippen LogP contribution in [0.1, 0.15) is 32.1 Å². The Balaban J connectivity index is 1.98. The molecule has 1 N–H and O–H groups in total. The van der Waals surface area contributed by atoms with E-state index in [1.165, 1.54) is 6.42 Å². The summed E-state index contributed by atoms with van der Waals surface area (Å²) in [7, 11) is 1.64. The van der Waals surface area contributed by atoms with E-state index in [0.717, 1.165) is 37.2 Å². The molecule has 1 saturated carbocycles. The molecule has 0 radical (unpaired) electrons. The van der Waals surface area contributed by atoms with E-state index in [2.05, 4.69) is 0 Å². The van der Waals surface area contributed by atoms with Crippen LogP contribution in [-0.4, -0.2) is 24.4 Å². The molecule has 0 amide bonds. The summed E-state index contributed by atoms with van der Waals surface area (Å²) >= 11 is 0. The second kappa shape index (κ2) is 5.92. The Kier molecular flexibility index (Phi) is 4.26. The molecule has 0 heterocycles. The third-order valence-electron chi connectivity index (χ3n) is 3.26. The summed E-state index contributed by atoms with van der Waals surface area (Å²) < 4.78 is 10.9. The van der Waals surface area contributed by atoms with Crippen molar-refractivity contribution in [1.29, 1.82) is 0 Å². The molecule has 1 aliphatic carbocycles. The number of rotatable bonds is 3. The number of aliphatic hydroxyl groups is 1. The molecule has 17 heavy (non-hydrogen) atoms. The largest absolute Gasteiger partial charge is 0.497 e. The van der Waals surface area contributed by atoms with Gasteiger partial charge >= 0.3 is 0 Å². The third kappa shape index (κ3) is 3.37. The van der Waals surface area contributed by atoms with E-state index in [1.54, 1.807) is 7.11 Å². The molecule has 1 fully saturated rings. The molecular formula is C14H20O3. The predicted molar refractivity (Wildman–Crippen MR) is 66.5 cm³/mol. The van der Waals surface area contributed by atoms with E-state index < -0.39 is 0 Å². The fourth-order valence-electron chi connectivity index (χ4n) is 2.22. The van der Waals surface area contributed by atoms with Gasteiger partial charge in [0.1, 0.15) is 17.6 Å². The second-order valence-corrected chi connectivity index (χ2v) is 4.54. The maximum absolute atomic E-state index is 9.96. The van der Waals surface area contributed by atoms with Gasteiger partial charge in [0.2, 0.25) is 0 Å². The third-order valence-corrected chi connectivity index (χ3v) is 3.26. The van der Waals surface area contributed by atoms with Crippen LogP contribution in [0, 0.1) is 0 Å². The van der Waals surface area contributed by atoms with Gasteiger partial charge in [-0.05, 0) is 43.5 Å². The Morgan fingerprint density at radius 2 is 1.65 bits per heavy atom. The van der Waals surface area contributed by atoms with Crippen LogP contribution in [0.25, 0.3) is 0 Å². The Morgan fingerprint density at radius 1 is 1.00 bits per heavy atom. The van der Waals surface area contributed by atoms with Crippen molar-refractivity contribution < 1.29 is 14.6 Å². The molecule has 1 aliphatic rings. The average molecular weight is 236 g/mol. The lowest BCUT2D eigenvalue weighted by molar-refractivity contribution is 0.0319. The van der Waals surface area contributed by atoms with Crippen molar-refractivity contribution in [2.45, 2.75) is 44.3 Å². The molecule has 1 aromatic rings. The fraction of sp³-hybridized carbons (Fsp3) is 0.571. The summed E-state index contributed by atoms with van der Waals surface area (Å²) in [5.41, 5.74) is 0. The number of aliphatic hydroxyl groups excluding tert-OH is 1. The van der Waals surface area contributed by atoms with E-state index in [4.69, 9.17) is 9.47 Å². The molecule has 2 atom stereocenters. The molecular weight excluding hydrogens is 216 g/mol. The highest BCUT2D eigenvalue weighted by Crippen LogP contribution is 2.24. The van der Waals surface area contributed by atoms with Gasteiger partial charge in [0.25, 0.3) is 0 Å². The first-order valence-corrected chi connectivity index (χ1v) is 6.28. The normalized spacial score (nSPS) is 25.1. The van der Waals surface area contributed by atoms with Crippen LogP contribution in [0.4, 0.5) is 0 Å². The van der Waals surface area contributed by atoms with Gasteiger partial charge in [0.15, 0.2) is 0 Å². The molecule has 3 heteroatoms. The van der Waals surface area contributed by atoms with Crippen LogP contribution in [0.5, 0.6) is 11.5 Å². The quantitative estimate of drug-likeness (QED) is 0.820. The molecule has 0 spiro atoms. The van der Waals surface area contributed by atoms with Crippen molar-refractivity contribution in [2.24, 2.45) is 0 Å². The van der Waals surface area contributed by atoms with Crippen LogP contribution in [-0.2, 0) is 0 Å². The molecule has 0 aliphatic heterocycles. The van der Waals surface area contributed by atoms with Crippen molar-refractivity contribution in [3.05, 3.63) is 24.3 Å². The van der Waals surface area contributed by atoms with Crippen molar-refractivity contribution in [1.82, 2.24) is 0 Å². The van der Waals surface area contributed by atoms with Crippen molar-refractivity contribution in [3.8, 4) is 11.5 Å². The Labute approximate surface area is 102 Å². The van der Waals surface area contributed by atoms with Gasteiger partial charge in [0.05, 0.1) is 13.2 Å². The first kappa shape index (κ1) is 12.2. The minimum Gasteiger partial charge on any atom is -0.497 e. The van der Waals surface area contributed by atoms with Gasteiger partial charge in [-0.15, -0.1) is 0 Å². The second-order valence-electron chi connectivity index (χ2n) is 4.54. The molecule has 0 saturated heterocycles. The number of methoxy groups -OCH3 is 1. The summed E-state index contributed by atoms with van der Waals surface area (Å²) in [6.07, 6.45) is 4.82. The lowest BCUT2D eigenvalue weighted by atomic mass is 10.1. The van der Waals surface area contributed by atoms with Crippen molar-refractivity contribution in [2.75, 3.05) is 7.11 Å². The van der Waals surface area contributed by atoms with Gasteiger partial charge in [-0.25, -0.2) is 0 Å². The van der Waals surface area contributed by atoms with Crippen molar-refractivity contribution in [3.63, 3.8) is 0 Å². The highest BCUT2D eigenvalue weighted by atomic mass is 16.5. The summed E-state index contributed by atoms with van der Waals surface area (Å²) in [6.45, 7) is 0. The first-order chi connectivity index (χ1) is 8.29. The first-order valence-electron chi connectivity index (χ1n) is 6.28. The Hall–Kier alpha value is -1.22. The van der Waals surface area contributed by atoms with E-state index in [0.29, 0.717) is 0 Å². The van der Waals surface area contributed by atoms with Gasteiger partial charge in [-0.3, -0.25) is 0 Å². The summed E-state index contributed by atoms with van der Waals surface area (Å²) in [6, 6.07) is 7.52. The topological polar surface area (TPSA) is 38.7 Å². The molecule has 0 bridgehead atoms. The molecule has 1 aromatic carbocycles. The number of hydrogen-bond donors (Lipinski definition) is 1. The SMILES string of the molecule is COc1ccc(O[C@@H]2CCCCC[C@H]2O)cc1. The minimum atomic E-state index is -0.334. The van der Waals surface area contributed by atoms with E-state index in [-0.39, 0.29) is 12.2 Å². The van der Waals surface area contributed by atoms with Crippen LogP contribution in [0.2, 0.25) is 0 Å². The molecule has 0 unspecified atom stereocenters. The monoisotopic (exact) mass is 236 g/mol. The molecule has 0 aromatic heterocycles. The predicted octanol–water partition coefficient (Wildman–Crippen LogP) is 2.77. The lowest BCUT2D eigenvalue weighted by Gasteiger charge is -2.22. The smallest absolute Gasteiger partial charge is 0.124 e. The zero-order valence-corrected chi connectivity index (χ0v) is 10.3. The van der Waals surface area contributed by atoms with Gasteiger partial charge in [-0.2, -0.15) is 0 Å². The maximum atomic E-state index is 9.96. The number of ether oxygens (including phenoxy) is 2. The van der Waals surface area contributed by atoms with E-state index in [1.807, 2.05) is 24.3 Å². The minimum absolute atomic E-state index is 0.0640. The average Bonchev–Trinajstić information content (AvgIpc) is 2.56. The van der Waals surface area contributed by atoms with Gasteiger partial charge in [-0.1, -0.05) is 12.8 Å². The number of hydrogen-bond acceptors (Lipinski definition) is 3. The fourth-order valence-corrected chi connectivity index (χ4v) is 2.22. The van der Waals surface area contributed by atoms with Gasteiger partial charge < -0.3 is 14.6 Å². The Morgan fingerprint density at radius 3 is 2.35 bits per heavy atom. The summed E-state index contributed by atoms with van der Waals surface area (Å²) in [5.74, 6) is 1.62. The molecule has 3 nitrogen and oxygen atoms in total. The Bertz CT molecular complexity index is 334. The van der Waals surface area contributed by atoms with Crippen LogP contribution >= 0.6 is 0 Å². The van der Waals surface area contributed by atoms with E-state index in [9.17, 15) is 5.11 Å². The van der Waals surface area contributed by atoms with Crippen molar-refractivity contribution >= 4 is 0 Å². The van der Waals surface area contributed by atoms with Crippen LogP contribution in [0.15, 0.2) is 24.3 Å². The standard InChI is InChI=1S/C14H20O3/c1-16-11-7-9-12(10-8-11)17-14-6-4-2-3-5-13(14)15/h7-10,13-15H,2-6H2,1H3/t13-,14-/m1/s1. The summed E-state index contributed by atoms with van der Waals surface area (Å²) in [4.78, 5) is 0. The van der Waals surface area contributed by atoms with Crippen LogP contribution in [0.3, 0.4) is 0 Å². The summed E-state index contributed by atoms with van der Waals surface area (Å²) in [5, 5.41) is 9.96. The number of benzene rings is 1. The lowest BCUT2D eigenvalue weighted by Crippen LogP contribution is -2.30. The molecule has 2 rings (SSSR count). The highest BCUT2D eigenvalue weighted by molar-refractivity contribution is 5.31. The van der Waals surface area contributed by atoms with Gasteiger partial charge in [0, 0.05) is 0 Å². The zero-order valence-electron chi connectivity index (χ0n) is 10.3. The molecule has 94 valence electrons. The maximum Gasteiger partial charge on any atom is 0.124 e. The highest BCUT2D eigenvalue weighted by Gasteiger charge is 2.23. The van der Waals surface area contributed by atoms with Crippen LogP contribution < -0.4 is 9.47 Å². The zero-order chi connectivity index (χ0) is 12.1. The van der Waals surface area contributed by atoms with E-state index >= 15 is 0 Å².